The zero-order chi connectivity index (χ0) is 42.4. The number of likely N-dealkylation sites (N-methyl/N-ethyl adjacent to an activating group) is 2. The number of rotatable bonds is 18. The molecule has 2 aromatic heterocycles. The number of H-pyrrole nitrogens is 2. The van der Waals surface area contributed by atoms with Crippen LogP contribution in [-0.4, -0.2) is 104 Å². The molecule has 6 aromatic rings. The van der Waals surface area contributed by atoms with E-state index in [1.165, 1.54) is 17.0 Å². The van der Waals surface area contributed by atoms with Crippen LogP contribution in [0.5, 0.6) is 11.5 Å². The van der Waals surface area contributed by atoms with Gasteiger partial charge >= 0.3 is 6.09 Å². The monoisotopic (exact) mass is 942 g/mol. The van der Waals surface area contributed by atoms with Crippen LogP contribution in [0.2, 0.25) is 0 Å². The molecule has 0 fully saturated rings. The normalized spacial score (nSPS) is 11.4. The lowest BCUT2D eigenvalue weighted by atomic mass is 10.1. The number of benzene rings is 4. The van der Waals surface area contributed by atoms with Crippen LogP contribution in [0, 0.1) is 11.6 Å². The van der Waals surface area contributed by atoms with Crippen molar-refractivity contribution < 1.29 is 37.3 Å². The summed E-state index contributed by atoms with van der Waals surface area (Å²) in [5.74, 6) is 0.196. The summed E-state index contributed by atoms with van der Waals surface area (Å²) in [6.45, 7) is 9.77. The second kappa shape index (κ2) is 22.1. The average molecular weight is 945 g/mol. The Morgan fingerprint density at radius 1 is 0.712 bits per heavy atom. The molecule has 16 heteroatoms. The summed E-state index contributed by atoms with van der Waals surface area (Å²) < 4.78 is 58.7. The van der Waals surface area contributed by atoms with Gasteiger partial charge in [-0.2, -0.15) is 10.2 Å². The molecule has 12 nitrogen and oxygen atoms in total. The van der Waals surface area contributed by atoms with Crippen LogP contribution >= 0.6 is 31.9 Å². The number of carbonyl (C=O) groups is 1. The van der Waals surface area contributed by atoms with Crippen molar-refractivity contribution in [3.8, 4) is 34.0 Å². The number of amides is 1. The fraction of sp³-hybridized carbons (Fsp3) is 0.372. The van der Waals surface area contributed by atoms with Gasteiger partial charge in [-0.1, -0.05) is 31.9 Å². The predicted octanol–water partition coefficient (Wildman–Crippen LogP) is 9.92. The van der Waals surface area contributed by atoms with E-state index in [2.05, 4.69) is 57.6 Å². The smallest absolute Gasteiger partial charge is 0.410 e. The highest BCUT2D eigenvalue weighted by Gasteiger charge is 2.19. The molecule has 2 heterocycles. The van der Waals surface area contributed by atoms with Gasteiger partial charge in [-0.05, 0) is 88.5 Å². The van der Waals surface area contributed by atoms with Crippen LogP contribution in [0.3, 0.4) is 0 Å². The van der Waals surface area contributed by atoms with E-state index >= 15 is 0 Å². The number of nitrogens with one attached hydrogen (secondary N) is 3. The van der Waals surface area contributed by atoms with E-state index in [4.69, 9.17) is 23.7 Å². The number of halogens is 4. The number of hydrogen-bond acceptors (Lipinski definition) is 9. The van der Waals surface area contributed by atoms with Gasteiger partial charge in [0.15, 0.2) is 0 Å². The fourth-order valence-electron chi connectivity index (χ4n) is 5.66. The van der Waals surface area contributed by atoms with E-state index in [0.29, 0.717) is 86.6 Å². The average Bonchev–Trinajstić information content (AvgIpc) is 3.80. The Morgan fingerprint density at radius 3 is 1.66 bits per heavy atom. The topological polar surface area (TPSA) is 136 Å². The van der Waals surface area contributed by atoms with Crippen molar-refractivity contribution in [2.45, 2.75) is 39.2 Å². The molecule has 0 spiro atoms. The summed E-state index contributed by atoms with van der Waals surface area (Å²) in [5, 5.41) is 19.1. The molecule has 0 aliphatic carbocycles. The maximum Gasteiger partial charge on any atom is 0.410 e. The van der Waals surface area contributed by atoms with E-state index in [0.717, 1.165) is 43.7 Å². The number of ether oxygens (including phenoxy) is 5. The first-order valence-corrected chi connectivity index (χ1v) is 20.8. The maximum atomic E-state index is 14.7. The lowest BCUT2D eigenvalue weighted by Gasteiger charge is -2.24. The van der Waals surface area contributed by atoms with Crippen molar-refractivity contribution in [2.24, 2.45) is 0 Å². The van der Waals surface area contributed by atoms with Crippen molar-refractivity contribution in [3.05, 3.63) is 93.4 Å². The molecule has 3 N–H and O–H groups in total. The SMILES string of the molecule is CN(CCOCCCOc1ccc(-c2n[nH]c3cc(Br)ccc23)c(F)c1)C(=O)OC(C)(C)C.CNCCOCCCOc1ccc(-c2n[nH]c3cc(Br)ccc23)c(F)c1. The highest BCUT2D eigenvalue weighted by molar-refractivity contribution is 9.10. The number of carbonyl (C=O) groups excluding carboxylic acids is 1. The van der Waals surface area contributed by atoms with Gasteiger partial charge in [0.2, 0.25) is 0 Å². The molecular weight excluding hydrogens is 894 g/mol. The standard InChI is InChI=1S/C24H29BrFN3O4.C19H21BrFN3O2/c1-24(2,3)33-23(30)29(4)10-13-31-11-5-12-32-17-7-9-18(20(26)15-17)22-19-8-6-16(25)14-21(19)27-28-22;1-22-7-10-25-8-2-9-26-14-4-6-15(17(21)12-14)19-16-5-3-13(20)11-18(16)23-24-19/h6-9,14-15H,5,10-13H2,1-4H3,(H,27,28);3-6,11-12,22H,2,7-10H2,1H3,(H,23,24). The fourth-order valence-corrected chi connectivity index (χ4v) is 6.38. The van der Waals surface area contributed by atoms with Gasteiger partial charge in [0.05, 0.1) is 37.5 Å². The van der Waals surface area contributed by atoms with Gasteiger partial charge in [-0.3, -0.25) is 10.2 Å². The van der Waals surface area contributed by atoms with Gasteiger partial charge < -0.3 is 33.9 Å². The van der Waals surface area contributed by atoms with Crippen LogP contribution in [-0.2, 0) is 14.2 Å². The summed E-state index contributed by atoms with van der Waals surface area (Å²) in [7, 11) is 3.55. The van der Waals surface area contributed by atoms with Crippen LogP contribution in [0.15, 0.2) is 81.7 Å². The van der Waals surface area contributed by atoms with Crippen molar-refractivity contribution in [2.75, 3.05) is 66.8 Å². The van der Waals surface area contributed by atoms with Crippen molar-refractivity contribution in [3.63, 3.8) is 0 Å². The Balaban J connectivity index is 0.000000230. The molecular formula is C43H50Br2F2N6O6. The summed E-state index contributed by atoms with van der Waals surface area (Å²) in [6, 6.07) is 21.1. The number of nitrogens with zero attached hydrogens (tertiary/aromatic N) is 3. The highest BCUT2D eigenvalue weighted by Crippen LogP contribution is 2.33. The number of fused-ring (bicyclic) bond motifs is 2. The van der Waals surface area contributed by atoms with Gasteiger partial charge in [-0.25, -0.2) is 13.6 Å². The first-order chi connectivity index (χ1) is 28.3. The molecule has 1 amide bonds. The van der Waals surface area contributed by atoms with E-state index in [1.807, 2.05) is 64.2 Å². The molecule has 6 rings (SSSR count). The third-order valence-corrected chi connectivity index (χ3v) is 9.60. The Morgan fingerprint density at radius 2 is 1.20 bits per heavy atom. The quantitative estimate of drug-likeness (QED) is 0.0720. The number of hydrogen-bond donors (Lipinski definition) is 3. The lowest BCUT2D eigenvalue weighted by Crippen LogP contribution is -2.36. The third kappa shape index (κ3) is 13.7. The number of aromatic amines is 2. The molecule has 0 radical (unpaired) electrons. The van der Waals surface area contributed by atoms with Crippen molar-refractivity contribution in [1.29, 1.82) is 0 Å². The molecule has 0 saturated heterocycles. The first-order valence-electron chi connectivity index (χ1n) is 19.2. The Labute approximate surface area is 359 Å². The minimum absolute atomic E-state index is 0.357. The van der Waals surface area contributed by atoms with Crippen LogP contribution < -0.4 is 14.8 Å². The first kappa shape index (κ1) is 45.5. The molecule has 4 aromatic carbocycles. The van der Waals surface area contributed by atoms with Crippen LogP contribution in [0.1, 0.15) is 33.6 Å². The number of aromatic nitrogens is 4. The lowest BCUT2D eigenvalue weighted by molar-refractivity contribution is 0.0226. The maximum absolute atomic E-state index is 14.7. The minimum atomic E-state index is -0.523. The van der Waals surface area contributed by atoms with Crippen molar-refractivity contribution >= 4 is 59.8 Å². The van der Waals surface area contributed by atoms with Gasteiger partial charge in [0, 0.05) is 89.2 Å². The molecule has 0 bridgehead atoms. The highest BCUT2D eigenvalue weighted by atomic mass is 79.9. The predicted molar refractivity (Wildman–Crippen MR) is 233 cm³/mol. The minimum Gasteiger partial charge on any atom is -0.493 e. The zero-order valence-electron chi connectivity index (χ0n) is 33.8. The third-order valence-electron chi connectivity index (χ3n) is 8.62. The Bertz CT molecular complexity index is 2280. The zero-order valence-corrected chi connectivity index (χ0v) is 37.0. The Kier molecular flexibility index (Phi) is 17.1. The van der Waals surface area contributed by atoms with Gasteiger partial charge in [-0.15, -0.1) is 0 Å². The Hall–Kier alpha value is -4.61. The summed E-state index contributed by atoms with van der Waals surface area (Å²) >= 11 is 6.84. The van der Waals surface area contributed by atoms with E-state index in [1.54, 1.807) is 31.3 Å². The van der Waals surface area contributed by atoms with Crippen LogP contribution in [0.4, 0.5) is 13.6 Å². The second-order valence-electron chi connectivity index (χ2n) is 14.4. The summed E-state index contributed by atoms with van der Waals surface area (Å²) in [4.78, 5) is 13.4. The largest absolute Gasteiger partial charge is 0.493 e. The molecule has 0 unspecified atom stereocenters. The molecule has 0 aliphatic heterocycles. The van der Waals surface area contributed by atoms with E-state index in [9.17, 15) is 13.6 Å². The van der Waals surface area contributed by atoms with E-state index < -0.39 is 11.4 Å². The summed E-state index contributed by atoms with van der Waals surface area (Å²) in [5.41, 5.74) is 3.17. The van der Waals surface area contributed by atoms with Crippen LogP contribution in [0.25, 0.3) is 44.3 Å². The van der Waals surface area contributed by atoms with Gasteiger partial charge in [0.25, 0.3) is 0 Å². The van der Waals surface area contributed by atoms with Crippen molar-refractivity contribution in [1.82, 2.24) is 30.6 Å². The van der Waals surface area contributed by atoms with E-state index in [-0.39, 0.29) is 11.9 Å². The second-order valence-corrected chi connectivity index (χ2v) is 16.3. The van der Waals surface area contributed by atoms with Gasteiger partial charge in [0.1, 0.15) is 40.1 Å². The molecule has 0 aliphatic rings. The molecule has 0 saturated carbocycles. The molecule has 59 heavy (non-hydrogen) atoms. The molecule has 316 valence electrons. The molecule has 0 atom stereocenters. The summed E-state index contributed by atoms with van der Waals surface area (Å²) in [6.07, 6.45) is 1.01.